The Bertz CT molecular complexity index is 1560. The summed E-state index contributed by atoms with van der Waals surface area (Å²) >= 11 is 0. The van der Waals surface area contributed by atoms with Crippen LogP contribution >= 0.6 is 0 Å². The molecule has 206 valence electrons. The summed E-state index contributed by atoms with van der Waals surface area (Å²) in [5.41, 5.74) is 3.24. The topological polar surface area (TPSA) is 100 Å². The summed E-state index contributed by atoms with van der Waals surface area (Å²) in [5.74, 6) is 2.70. The standard InChI is InChI=1S/C30H37N5O3S/c1-38-27-11-7-10-26-29(27)30(34-28(33-26)16-21-12-15-39(36,37)20-21)32-23(19-35-13-5-2-6-14-35)17-22-18-31-25-9-4-3-8-24(22)25/h3-4,7-11,18,21,23,31H,2,5-6,12-17,19-20H2,1H3,(H,32,33,34). The van der Waals surface area contributed by atoms with Crippen LogP contribution < -0.4 is 10.1 Å². The number of para-hydroxylation sites is 1. The zero-order valence-electron chi connectivity index (χ0n) is 22.5. The maximum atomic E-state index is 12.1. The second kappa shape index (κ2) is 11.1. The van der Waals surface area contributed by atoms with Gasteiger partial charge in [0.1, 0.15) is 17.4 Å². The first-order valence-electron chi connectivity index (χ1n) is 14.1. The van der Waals surface area contributed by atoms with Crippen molar-refractivity contribution in [2.24, 2.45) is 5.92 Å². The Kier molecular flexibility index (Phi) is 7.44. The molecule has 2 N–H and O–H groups in total. The Labute approximate surface area is 230 Å². The molecule has 0 amide bonds. The highest BCUT2D eigenvalue weighted by atomic mass is 32.2. The SMILES string of the molecule is COc1cccc2nc(CC3CCS(=O)(=O)C3)nc(NC(Cc3c[nH]c4ccccc34)CN3CCCCC3)c12. The Morgan fingerprint density at radius 1 is 1.10 bits per heavy atom. The normalized spacial score (nSPS) is 20.4. The average molecular weight is 548 g/mol. The van der Waals surface area contributed by atoms with Gasteiger partial charge in [0, 0.05) is 36.1 Å². The van der Waals surface area contributed by atoms with Gasteiger partial charge in [0.2, 0.25) is 0 Å². The van der Waals surface area contributed by atoms with Crippen molar-refractivity contribution in [3.63, 3.8) is 0 Å². The smallest absolute Gasteiger partial charge is 0.150 e. The second-order valence-electron chi connectivity index (χ2n) is 11.1. The number of aromatic nitrogens is 3. The maximum Gasteiger partial charge on any atom is 0.150 e. The van der Waals surface area contributed by atoms with Crippen LogP contribution in [0.4, 0.5) is 5.82 Å². The fraction of sp³-hybridized carbons (Fsp3) is 0.467. The first-order chi connectivity index (χ1) is 19.0. The van der Waals surface area contributed by atoms with Crippen LogP contribution in [-0.2, 0) is 22.7 Å². The summed E-state index contributed by atoms with van der Waals surface area (Å²) in [6, 6.07) is 14.4. The van der Waals surface area contributed by atoms with Gasteiger partial charge in [-0.15, -0.1) is 0 Å². The van der Waals surface area contributed by atoms with Gasteiger partial charge in [0.05, 0.1) is 29.5 Å². The third kappa shape index (κ3) is 5.89. The number of sulfone groups is 1. The number of piperidine rings is 1. The quantitative estimate of drug-likeness (QED) is 0.316. The van der Waals surface area contributed by atoms with Crippen molar-refractivity contribution < 1.29 is 13.2 Å². The molecule has 0 saturated carbocycles. The summed E-state index contributed by atoms with van der Waals surface area (Å²) in [4.78, 5) is 15.9. The molecular formula is C30H37N5O3S. The molecule has 0 aliphatic carbocycles. The van der Waals surface area contributed by atoms with Gasteiger partial charge in [-0.3, -0.25) is 0 Å². The largest absolute Gasteiger partial charge is 0.496 e. The number of fused-ring (bicyclic) bond motifs is 2. The van der Waals surface area contributed by atoms with Crippen molar-refractivity contribution in [2.75, 3.05) is 43.6 Å². The fourth-order valence-electron chi connectivity index (χ4n) is 6.23. The molecule has 0 radical (unpaired) electrons. The number of aromatic amines is 1. The predicted molar refractivity (Wildman–Crippen MR) is 156 cm³/mol. The van der Waals surface area contributed by atoms with Gasteiger partial charge in [0.25, 0.3) is 0 Å². The van der Waals surface area contributed by atoms with Gasteiger partial charge in [0.15, 0.2) is 9.84 Å². The summed E-state index contributed by atoms with van der Waals surface area (Å²) in [6.07, 6.45) is 7.96. The number of ether oxygens (including phenoxy) is 1. The predicted octanol–water partition coefficient (Wildman–Crippen LogP) is 4.61. The van der Waals surface area contributed by atoms with E-state index in [4.69, 9.17) is 14.7 Å². The molecule has 0 spiro atoms. The minimum atomic E-state index is -2.96. The maximum absolute atomic E-state index is 12.1. The number of benzene rings is 2. The van der Waals surface area contributed by atoms with Crippen LogP contribution in [0.3, 0.4) is 0 Å². The zero-order chi connectivity index (χ0) is 26.8. The molecule has 2 fully saturated rings. The zero-order valence-corrected chi connectivity index (χ0v) is 23.3. The Hall–Kier alpha value is -3.17. The molecule has 2 saturated heterocycles. The van der Waals surface area contributed by atoms with E-state index < -0.39 is 9.84 Å². The van der Waals surface area contributed by atoms with Crippen molar-refractivity contribution in [1.29, 1.82) is 0 Å². The minimum absolute atomic E-state index is 0.0567. The molecule has 2 unspecified atom stereocenters. The van der Waals surface area contributed by atoms with Gasteiger partial charge in [-0.05, 0) is 68.5 Å². The van der Waals surface area contributed by atoms with E-state index in [9.17, 15) is 8.42 Å². The number of H-pyrrole nitrogens is 1. The van der Waals surface area contributed by atoms with Crippen LogP contribution in [0.5, 0.6) is 5.75 Å². The van der Waals surface area contributed by atoms with Gasteiger partial charge in [-0.25, -0.2) is 18.4 Å². The first kappa shape index (κ1) is 26.1. The van der Waals surface area contributed by atoms with Crippen molar-refractivity contribution in [3.05, 3.63) is 60.0 Å². The minimum Gasteiger partial charge on any atom is -0.496 e. The molecule has 9 heteroatoms. The van der Waals surface area contributed by atoms with Crippen LogP contribution in [0, 0.1) is 5.92 Å². The molecule has 8 nitrogen and oxygen atoms in total. The molecule has 2 aromatic heterocycles. The van der Waals surface area contributed by atoms with E-state index >= 15 is 0 Å². The number of hydrogen-bond acceptors (Lipinski definition) is 7. The fourth-order valence-corrected chi connectivity index (χ4v) is 8.09. The van der Waals surface area contributed by atoms with Crippen molar-refractivity contribution in [1.82, 2.24) is 19.9 Å². The molecule has 2 atom stereocenters. The Balaban J connectivity index is 1.36. The number of methoxy groups -OCH3 is 1. The lowest BCUT2D eigenvalue weighted by Gasteiger charge is -2.31. The van der Waals surface area contributed by atoms with Crippen LogP contribution in [-0.4, -0.2) is 72.6 Å². The van der Waals surface area contributed by atoms with E-state index in [1.807, 2.05) is 18.2 Å². The summed E-state index contributed by atoms with van der Waals surface area (Å²) in [5, 5.41) is 5.94. The highest BCUT2D eigenvalue weighted by Crippen LogP contribution is 2.32. The van der Waals surface area contributed by atoms with E-state index in [0.29, 0.717) is 18.7 Å². The van der Waals surface area contributed by atoms with Crippen molar-refractivity contribution >= 4 is 37.5 Å². The van der Waals surface area contributed by atoms with Crippen LogP contribution in [0.15, 0.2) is 48.7 Å². The molecule has 4 aromatic rings. The van der Waals surface area contributed by atoms with E-state index in [1.165, 1.54) is 30.2 Å². The lowest BCUT2D eigenvalue weighted by Crippen LogP contribution is -2.41. The molecule has 4 heterocycles. The summed E-state index contributed by atoms with van der Waals surface area (Å²) in [6.45, 7) is 3.14. The Morgan fingerprint density at radius 3 is 2.74 bits per heavy atom. The monoisotopic (exact) mass is 547 g/mol. The third-order valence-electron chi connectivity index (χ3n) is 8.16. The molecule has 39 heavy (non-hydrogen) atoms. The van der Waals surface area contributed by atoms with E-state index in [1.54, 1.807) is 7.11 Å². The lowest BCUT2D eigenvalue weighted by molar-refractivity contribution is 0.219. The number of rotatable bonds is 9. The average Bonchev–Trinajstić information content (AvgIpc) is 3.50. The molecule has 0 bridgehead atoms. The van der Waals surface area contributed by atoms with E-state index in [2.05, 4.69) is 45.7 Å². The van der Waals surface area contributed by atoms with Crippen molar-refractivity contribution in [2.45, 2.75) is 44.6 Å². The third-order valence-corrected chi connectivity index (χ3v) is 10.00. The van der Waals surface area contributed by atoms with E-state index in [0.717, 1.165) is 54.0 Å². The molecule has 2 aliphatic heterocycles. The highest BCUT2D eigenvalue weighted by Gasteiger charge is 2.29. The van der Waals surface area contributed by atoms with Gasteiger partial charge in [-0.1, -0.05) is 30.7 Å². The van der Waals surface area contributed by atoms with Gasteiger partial charge < -0.3 is 19.9 Å². The summed E-state index contributed by atoms with van der Waals surface area (Å²) < 4.78 is 29.9. The lowest BCUT2D eigenvalue weighted by atomic mass is 10.0. The number of nitrogens with zero attached hydrogens (tertiary/aromatic N) is 3. The molecule has 2 aromatic carbocycles. The van der Waals surface area contributed by atoms with Crippen LogP contribution in [0.25, 0.3) is 21.8 Å². The van der Waals surface area contributed by atoms with Crippen LogP contribution in [0.1, 0.15) is 37.1 Å². The molecule has 6 rings (SSSR count). The number of nitrogens with one attached hydrogen (secondary N) is 2. The molecule has 2 aliphatic rings. The number of likely N-dealkylation sites (tertiary alicyclic amines) is 1. The first-order valence-corrected chi connectivity index (χ1v) is 15.9. The second-order valence-corrected chi connectivity index (χ2v) is 13.3. The molecular weight excluding hydrogens is 510 g/mol. The van der Waals surface area contributed by atoms with Gasteiger partial charge >= 0.3 is 0 Å². The number of hydrogen-bond donors (Lipinski definition) is 2. The summed E-state index contributed by atoms with van der Waals surface area (Å²) in [7, 11) is -1.29. The van der Waals surface area contributed by atoms with E-state index in [-0.39, 0.29) is 23.5 Å². The Morgan fingerprint density at radius 2 is 1.95 bits per heavy atom. The highest BCUT2D eigenvalue weighted by molar-refractivity contribution is 7.91. The van der Waals surface area contributed by atoms with Crippen molar-refractivity contribution in [3.8, 4) is 5.75 Å². The van der Waals surface area contributed by atoms with Gasteiger partial charge in [-0.2, -0.15) is 0 Å². The van der Waals surface area contributed by atoms with Crippen LogP contribution in [0.2, 0.25) is 0 Å². The number of anilines is 1.